The minimum Gasteiger partial charge on any atom is -0.387 e. The summed E-state index contributed by atoms with van der Waals surface area (Å²) in [5.74, 6) is 0. The summed E-state index contributed by atoms with van der Waals surface area (Å²) in [6.07, 6.45) is 3.77. The maximum Gasteiger partial charge on any atom is 0.244 e. The molecule has 100 valence electrons. The van der Waals surface area contributed by atoms with Crippen molar-refractivity contribution in [1.82, 2.24) is 14.6 Å². The number of anilines is 1. The molecule has 1 aliphatic heterocycles. The molecule has 7 heteroatoms. The number of likely N-dealkylation sites (tertiary alicyclic amines) is 1. The van der Waals surface area contributed by atoms with Gasteiger partial charge in [-0.15, -0.1) is 0 Å². The lowest BCUT2D eigenvalue weighted by atomic mass is 10.3. The Morgan fingerprint density at radius 3 is 2.89 bits per heavy atom. The number of pyridine rings is 1. The summed E-state index contributed by atoms with van der Waals surface area (Å²) >= 11 is 0. The van der Waals surface area contributed by atoms with Crippen molar-refractivity contribution in [1.29, 1.82) is 0 Å². The first-order valence-corrected chi connectivity index (χ1v) is 7.34. The number of nitrogens with one attached hydrogen (secondary N) is 2. The quantitative estimate of drug-likeness (QED) is 0.812. The van der Waals surface area contributed by atoms with Crippen molar-refractivity contribution < 1.29 is 8.42 Å². The Balaban J connectivity index is 2.20. The number of hydrogen-bond donors (Lipinski definition) is 2. The SMILES string of the molecule is CNc1ccncc1S(=O)(=O)NC1CCN(C)C1. The van der Waals surface area contributed by atoms with E-state index < -0.39 is 10.0 Å². The molecule has 1 saturated heterocycles. The highest BCUT2D eigenvalue weighted by Crippen LogP contribution is 2.20. The number of nitrogens with zero attached hydrogens (tertiary/aromatic N) is 2. The Hall–Kier alpha value is -1.18. The lowest BCUT2D eigenvalue weighted by Crippen LogP contribution is -2.36. The van der Waals surface area contributed by atoms with Crippen molar-refractivity contribution in [3.8, 4) is 0 Å². The van der Waals surface area contributed by atoms with Gasteiger partial charge in [-0.1, -0.05) is 0 Å². The zero-order valence-electron chi connectivity index (χ0n) is 10.5. The molecule has 1 aromatic rings. The van der Waals surface area contributed by atoms with Gasteiger partial charge in [0.05, 0.1) is 5.69 Å². The molecule has 1 aromatic heterocycles. The maximum absolute atomic E-state index is 12.3. The van der Waals surface area contributed by atoms with Crippen LogP contribution in [0.2, 0.25) is 0 Å². The molecule has 0 spiro atoms. The number of aromatic nitrogens is 1. The van der Waals surface area contributed by atoms with Gasteiger partial charge < -0.3 is 10.2 Å². The molecule has 1 unspecified atom stereocenters. The van der Waals surface area contributed by atoms with Crippen LogP contribution in [0.25, 0.3) is 0 Å². The number of rotatable bonds is 4. The van der Waals surface area contributed by atoms with E-state index >= 15 is 0 Å². The van der Waals surface area contributed by atoms with Gasteiger partial charge in [0.1, 0.15) is 4.90 Å². The Labute approximate surface area is 107 Å². The molecule has 0 radical (unpaired) electrons. The molecule has 18 heavy (non-hydrogen) atoms. The van der Waals surface area contributed by atoms with Crippen LogP contribution in [0.5, 0.6) is 0 Å². The summed E-state index contributed by atoms with van der Waals surface area (Å²) in [6, 6.07) is 1.62. The molecule has 0 saturated carbocycles. The largest absolute Gasteiger partial charge is 0.387 e. The minimum absolute atomic E-state index is 0.0232. The van der Waals surface area contributed by atoms with E-state index in [1.54, 1.807) is 19.3 Å². The third kappa shape index (κ3) is 2.80. The van der Waals surface area contributed by atoms with Gasteiger partial charge in [-0.05, 0) is 26.1 Å². The lowest BCUT2D eigenvalue weighted by Gasteiger charge is -2.15. The Morgan fingerprint density at radius 2 is 2.28 bits per heavy atom. The van der Waals surface area contributed by atoms with Crippen LogP contribution in [0, 0.1) is 0 Å². The molecule has 2 heterocycles. The molecular weight excluding hydrogens is 252 g/mol. The van der Waals surface area contributed by atoms with Gasteiger partial charge in [-0.2, -0.15) is 0 Å². The first-order valence-electron chi connectivity index (χ1n) is 5.85. The Bertz CT molecular complexity index is 518. The smallest absolute Gasteiger partial charge is 0.244 e. The highest BCUT2D eigenvalue weighted by molar-refractivity contribution is 7.89. The first kappa shape index (κ1) is 13.3. The lowest BCUT2D eigenvalue weighted by molar-refractivity contribution is 0.407. The summed E-state index contributed by atoms with van der Waals surface area (Å²) < 4.78 is 27.3. The molecule has 1 fully saturated rings. The number of sulfonamides is 1. The van der Waals surface area contributed by atoms with E-state index in [9.17, 15) is 8.42 Å². The van der Waals surface area contributed by atoms with E-state index in [0.717, 1.165) is 19.5 Å². The molecule has 1 atom stereocenters. The van der Waals surface area contributed by atoms with E-state index in [1.807, 2.05) is 7.05 Å². The molecule has 0 aromatic carbocycles. The van der Waals surface area contributed by atoms with Crippen molar-refractivity contribution in [3.63, 3.8) is 0 Å². The van der Waals surface area contributed by atoms with Gasteiger partial charge in [0.25, 0.3) is 0 Å². The molecule has 2 N–H and O–H groups in total. The fourth-order valence-electron chi connectivity index (χ4n) is 2.11. The monoisotopic (exact) mass is 270 g/mol. The van der Waals surface area contributed by atoms with E-state index in [4.69, 9.17) is 0 Å². The van der Waals surface area contributed by atoms with Crippen molar-refractivity contribution in [2.24, 2.45) is 0 Å². The molecule has 0 amide bonds. The van der Waals surface area contributed by atoms with Gasteiger partial charge in [-0.3, -0.25) is 4.98 Å². The van der Waals surface area contributed by atoms with Crippen LogP contribution in [-0.2, 0) is 10.0 Å². The summed E-state index contributed by atoms with van der Waals surface area (Å²) in [4.78, 5) is 6.18. The Kier molecular flexibility index (Phi) is 3.84. The van der Waals surface area contributed by atoms with E-state index in [0.29, 0.717) is 5.69 Å². The zero-order valence-corrected chi connectivity index (χ0v) is 11.4. The van der Waals surface area contributed by atoms with E-state index in [-0.39, 0.29) is 10.9 Å². The van der Waals surface area contributed by atoms with Gasteiger partial charge in [-0.25, -0.2) is 13.1 Å². The average Bonchev–Trinajstić information content (AvgIpc) is 2.74. The minimum atomic E-state index is -3.51. The number of likely N-dealkylation sites (N-methyl/N-ethyl adjacent to an activating group) is 1. The standard InChI is InChI=1S/C11H18N4O2S/c1-12-10-3-5-13-7-11(10)18(16,17)14-9-4-6-15(2)8-9/h3,5,7,9,14H,4,6,8H2,1-2H3,(H,12,13). The van der Waals surface area contributed by atoms with Crippen LogP contribution >= 0.6 is 0 Å². The van der Waals surface area contributed by atoms with Crippen LogP contribution in [-0.4, -0.2) is 51.5 Å². The summed E-state index contributed by atoms with van der Waals surface area (Å²) in [6.45, 7) is 1.66. The normalized spacial score (nSPS) is 21.1. The first-order chi connectivity index (χ1) is 8.53. The molecule has 0 aliphatic carbocycles. The summed E-state index contributed by atoms with van der Waals surface area (Å²) in [5, 5.41) is 2.87. The topological polar surface area (TPSA) is 74.3 Å². The molecular formula is C11H18N4O2S. The second-order valence-corrected chi connectivity index (χ2v) is 6.17. The van der Waals surface area contributed by atoms with Crippen LogP contribution in [0.3, 0.4) is 0 Å². The van der Waals surface area contributed by atoms with Gasteiger partial charge in [0.15, 0.2) is 0 Å². The molecule has 0 bridgehead atoms. The third-order valence-corrected chi connectivity index (χ3v) is 4.60. The van der Waals surface area contributed by atoms with Crippen molar-refractivity contribution in [2.45, 2.75) is 17.4 Å². The van der Waals surface area contributed by atoms with Gasteiger partial charge in [0, 0.05) is 32.0 Å². The maximum atomic E-state index is 12.3. The Morgan fingerprint density at radius 1 is 1.50 bits per heavy atom. The van der Waals surface area contributed by atoms with E-state index in [2.05, 4.69) is 19.9 Å². The summed E-state index contributed by atoms with van der Waals surface area (Å²) in [5.41, 5.74) is 0.559. The fourth-order valence-corrected chi connectivity index (χ4v) is 3.53. The fraction of sp³-hybridized carbons (Fsp3) is 0.545. The van der Waals surface area contributed by atoms with Gasteiger partial charge >= 0.3 is 0 Å². The van der Waals surface area contributed by atoms with Crippen LogP contribution in [0.15, 0.2) is 23.4 Å². The predicted octanol–water partition coefficient (Wildman–Crippen LogP) is 0.106. The molecule has 2 rings (SSSR count). The number of hydrogen-bond acceptors (Lipinski definition) is 5. The summed E-state index contributed by atoms with van der Waals surface area (Å²) in [7, 11) is 0.164. The highest BCUT2D eigenvalue weighted by Gasteiger charge is 2.26. The van der Waals surface area contributed by atoms with Crippen molar-refractivity contribution in [2.75, 3.05) is 32.5 Å². The average molecular weight is 270 g/mol. The third-order valence-electron chi connectivity index (χ3n) is 3.06. The van der Waals surface area contributed by atoms with Crippen LogP contribution in [0.4, 0.5) is 5.69 Å². The second-order valence-electron chi connectivity index (χ2n) is 4.49. The van der Waals surface area contributed by atoms with Crippen LogP contribution in [0.1, 0.15) is 6.42 Å². The zero-order chi connectivity index (χ0) is 13.2. The van der Waals surface area contributed by atoms with Crippen molar-refractivity contribution in [3.05, 3.63) is 18.5 Å². The van der Waals surface area contributed by atoms with Gasteiger partial charge in [0.2, 0.25) is 10.0 Å². The predicted molar refractivity (Wildman–Crippen MR) is 70.0 cm³/mol. The van der Waals surface area contributed by atoms with E-state index in [1.165, 1.54) is 6.20 Å². The molecule has 6 nitrogen and oxygen atoms in total. The van der Waals surface area contributed by atoms with Crippen molar-refractivity contribution >= 4 is 15.7 Å². The van der Waals surface area contributed by atoms with Crippen LogP contribution < -0.4 is 10.0 Å². The second kappa shape index (κ2) is 5.21. The molecule has 1 aliphatic rings. The highest BCUT2D eigenvalue weighted by atomic mass is 32.2.